The van der Waals surface area contributed by atoms with Gasteiger partial charge in [-0.2, -0.15) is 0 Å². The molecule has 3 N–H and O–H groups in total. The van der Waals surface area contributed by atoms with Crippen molar-refractivity contribution < 1.29 is 18.3 Å². The molecule has 0 bridgehead atoms. The molecule has 212 valence electrons. The van der Waals surface area contributed by atoms with Crippen LogP contribution in [0, 0.1) is 0 Å². The van der Waals surface area contributed by atoms with Crippen molar-refractivity contribution in [1.82, 2.24) is 25.2 Å². The van der Waals surface area contributed by atoms with Crippen molar-refractivity contribution in [1.29, 1.82) is 0 Å². The summed E-state index contributed by atoms with van der Waals surface area (Å²) in [6.45, 7) is 2.98. The van der Waals surface area contributed by atoms with Gasteiger partial charge in [0.2, 0.25) is 0 Å². The highest BCUT2D eigenvalue weighted by molar-refractivity contribution is 6.05. The molecule has 1 saturated carbocycles. The summed E-state index contributed by atoms with van der Waals surface area (Å²) >= 11 is 0. The maximum absolute atomic E-state index is 14.0. The van der Waals surface area contributed by atoms with Crippen LogP contribution in [0.3, 0.4) is 0 Å². The van der Waals surface area contributed by atoms with Crippen molar-refractivity contribution in [2.45, 2.75) is 56.0 Å². The van der Waals surface area contributed by atoms with Crippen molar-refractivity contribution >= 4 is 23.2 Å². The van der Waals surface area contributed by atoms with Crippen molar-refractivity contribution in [2.75, 3.05) is 43.5 Å². The number of fused-ring (bicyclic) bond motifs is 3. The first kappa shape index (κ1) is 25.0. The van der Waals surface area contributed by atoms with Crippen LogP contribution < -0.4 is 16.0 Å². The highest BCUT2D eigenvalue weighted by Gasteiger charge is 2.51. The molecular formula is C30H31F2N7O2. The molecule has 1 atom stereocenters. The summed E-state index contributed by atoms with van der Waals surface area (Å²) in [5.41, 5.74) is 6.96. The topological polar surface area (TPSA) is 104 Å². The van der Waals surface area contributed by atoms with E-state index in [9.17, 15) is 13.6 Å². The fraction of sp³-hybridized carbons (Fsp3) is 0.467. The molecule has 5 aliphatic rings. The Morgan fingerprint density at radius 1 is 1.15 bits per heavy atom. The van der Waals surface area contributed by atoms with Gasteiger partial charge in [-0.15, -0.1) is 0 Å². The summed E-state index contributed by atoms with van der Waals surface area (Å²) < 4.78 is 33.5. The second-order valence-electron chi connectivity index (χ2n) is 12.0. The summed E-state index contributed by atoms with van der Waals surface area (Å²) in [5, 5.41) is 9.76. The Balaban J connectivity index is 1.14. The minimum absolute atomic E-state index is 0.117. The van der Waals surface area contributed by atoms with Gasteiger partial charge in [0.15, 0.2) is 0 Å². The van der Waals surface area contributed by atoms with Gasteiger partial charge < -0.3 is 20.7 Å². The van der Waals surface area contributed by atoms with E-state index in [-0.39, 0.29) is 30.2 Å². The molecular weight excluding hydrogens is 528 g/mol. The zero-order valence-electron chi connectivity index (χ0n) is 22.6. The van der Waals surface area contributed by atoms with Gasteiger partial charge in [0, 0.05) is 73.4 Å². The first-order valence-electron chi connectivity index (χ1n) is 14.4. The smallest absolute Gasteiger partial charge is 0.261 e. The first-order valence-corrected chi connectivity index (χ1v) is 14.4. The highest BCUT2D eigenvalue weighted by atomic mass is 19.3. The number of nitrogens with one attached hydrogen (secondary N) is 3. The third kappa shape index (κ3) is 4.25. The van der Waals surface area contributed by atoms with E-state index in [0.29, 0.717) is 49.9 Å². The quantitative estimate of drug-likeness (QED) is 0.410. The number of ether oxygens (including phenoxy) is 1. The maximum atomic E-state index is 14.0. The van der Waals surface area contributed by atoms with Crippen LogP contribution in [0.25, 0.3) is 11.3 Å². The van der Waals surface area contributed by atoms with E-state index in [4.69, 9.17) is 14.7 Å². The Hall–Kier alpha value is -3.70. The Bertz CT molecular complexity index is 1570. The summed E-state index contributed by atoms with van der Waals surface area (Å²) in [4.78, 5) is 29.2. The minimum Gasteiger partial charge on any atom is -0.381 e. The summed E-state index contributed by atoms with van der Waals surface area (Å²) in [6, 6.07) is 5.91. The van der Waals surface area contributed by atoms with E-state index in [1.165, 1.54) is 5.56 Å². The van der Waals surface area contributed by atoms with Crippen LogP contribution in [0.5, 0.6) is 0 Å². The largest absolute Gasteiger partial charge is 0.381 e. The lowest BCUT2D eigenvalue weighted by molar-refractivity contribution is 0.0113. The molecule has 2 saturated heterocycles. The Kier molecular flexibility index (Phi) is 5.59. The fourth-order valence-corrected chi connectivity index (χ4v) is 6.97. The van der Waals surface area contributed by atoms with Crippen molar-refractivity contribution in [3.05, 3.63) is 58.5 Å². The molecule has 3 aromatic heterocycles. The van der Waals surface area contributed by atoms with Crippen LogP contribution in [0.1, 0.15) is 64.3 Å². The predicted octanol–water partition coefficient (Wildman–Crippen LogP) is 4.33. The average molecular weight is 560 g/mol. The first-order chi connectivity index (χ1) is 19.9. The molecule has 0 radical (unpaired) electrons. The predicted molar refractivity (Wildman–Crippen MR) is 149 cm³/mol. The highest BCUT2D eigenvalue weighted by Crippen LogP contribution is 2.56. The minimum atomic E-state index is -2.67. The van der Waals surface area contributed by atoms with Crippen LogP contribution in [0.15, 0.2) is 30.6 Å². The lowest BCUT2D eigenvalue weighted by Crippen LogP contribution is -2.26. The SMILES string of the molecule is O=C1NCc2c(-c3ccnc4c3C3(CC3)CN4)ncc(Nc3ccc([C@@H]4CCOC4)c(CN4CCC(F)(F)C4)n3)c21. The second-order valence-corrected chi connectivity index (χ2v) is 12.0. The second kappa shape index (κ2) is 9.15. The molecule has 7 heterocycles. The van der Waals surface area contributed by atoms with E-state index in [2.05, 4.69) is 20.9 Å². The van der Waals surface area contributed by atoms with Crippen LogP contribution in [-0.2, 0) is 23.2 Å². The standard InChI is InChI=1S/C30H31F2N7O2/c31-30(32)7-9-39(16-30)13-22-18(17-4-10-41-14-17)1-2-23(38-22)37-21-12-34-26(20-11-35-28(40)24(20)21)19-3-8-33-27-25(19)29(5-6-29)15-36-27/h1-3,8,12,17H,4-7,9-11,13-16H2,(H,33,36)(H,35,40)(H,37,38)/t17-/m1/s1. The summed E-state index contributed by atoms with van der Waals surface area (Å²) in [6.07, 6.45) is 6.49. The zero-order chi connectivity index (χ0) is 27.8. The number of carbonyl (C=O) groups is 1. The molecule has 0 aromatic carbocycles. The number of likely N-dealkylation sites (tertiary alicyclic amines) is 1. The number of hydrogen-bond acceptors (Lipinski definition) is 8. The van der Waals surface area contributed by atoms with Gasteiger partial charge >= 0.3 is 0 Å². The van der Waals surface area contributed by atoms with Crippen LogP contribution in [0.2, 0.25) is 0 Å². The molecule has 0 unspecified atom stereocenters. The fourth-order valence-electron chi connectivity index (χ4n) is 6.97. The average Bonchev–Trinajstić information content (AvgIpc) is 3.33. The number of amides is 1. The molecule has 8 rings (SSSR count). The van der Waals surface area contributed by atoms with Gasteiger partial charge in [0.25, 0.3) is 11.8 Å². The van der Waals surface area contributed by atoms with Gasteiger partial charge in [0.1, 0.15) is 11.6 Å². The number of alkyl halides is 2. The molecule has 11 heteroatoms. The van der Waals surface area contributed by atoms with Crippen molar-refractivity contribution in [3.8, 4) is 11.3 Å². The number of rotatable bonds is 6. The van der Waals surface area contributed by atoms with Gasteiger partial charge in [-0.25, -0.2) is 18.7 Å². The molecule has 9 nitrogen and oxygen atoms in total. The summed E-state index contributed by atoms with van der Waals surface area (Å²) in [7, 11) is 0. The van der Waals surface area contributed by atoms with E-state index in [1.54, 1.807) is 17.3 Å². The zero-order valence-corrected chi connectivity index (χ0v) is 22.6. The molecule has 1 amide bonds. The normalized spacial score (nSPS) is 23.4. The van der Waals surface area contributed by atoms with Gasteiger partial charge in [0.05, 0.1) is 42.0 Å². The van der Waals surface area contributed by atoms with Crippen LogP contribution in [0.4, 0.5) is 26.1 Å². The van der Waals surface area contributed by atoms with Crippen LogP contribution >= 0.6 is 0 Å². The van der Waals surface area contributed by atoms with E-state index < -0.39 is 5.92 Å². The van der Waals surface area contributed by atoms with Crippen molar-refractivity contribution in [3.63, 3.8) is 0 Å². The number of aromatic nitrogens is 3. The number of nitrogens with zero attached hydrogens (tertiary/aromatic N) is 4. The van der Waals surface area contributed by atoms with Crippen LogP contribution in [-0.4, -0.2) is 64.5 Å². The molecule has 3 aromatic rings. The number of hydrogen-bond donors (Lipinski definition) is 3. The number of anilines is 3. The Morgan fingerprint density at radius 3 is 2.83 bits per heavy atom. The maximum Gasteiger partial charge on any atom is 0.261 e. The third-order valence-electron chi connectivity index (χ3n) is 9.28. The lowest BCUT2D eigenvalue weighted by Gasteiger charge is -2.21. The molecule has 1 spiro atoms. The number of pyridine rings is 3. The Labute approximate surface area is 236 Å². The molecule has 1 aliphatic carbocycles. The van der Waals surface area contributed by atoms with Gasteiger partial charge in [-0.1, -0.05) is 6.07 Å². The van der Waals surface area contributed by atoms with E-state index >= 15 is 0 Å². The monoisotopic (exact) mass is 559 g/mol. The lowest BCUT2D eigenvalue weighted by atomic mass is 9.91. The molecule has 41 heavy (non-hydrogen) atoms. The third-order valence-corrected chi connectivity index (χ3v) is 9.28. The van der Waals surface area contributed by atoms with Crippen molar-refractivity contribution in [2.24, 2.45) is 0 Å². The number of halogens is 2. The Morgan fingerprint density at radius 2 is 2.05 bits per heavy atom. The summed E-state index contributed by atoms with van der Waals surface area (Å²) in [5.74, 6) is -1.17. The molecule has 4 aliphatic heterocycles. The van der Waals surface area contributed by atoms with Gasteiger partial charge in [-0.05, 0) is 37.0 Å². The van der Waals surface area contributed by atoms with Gasteiger partial charge in [-0.3, -0.25) is 14.7 Å². The van der Waals surface area contributed by atoms with E-state index in [1.807, 2.05) is 18.2 Å². The molecule has 3 fully saturated rings. The van der Waals surface area contributed by atoms with E-state index in [0.717, 1.165) is 59.7 Å². The number of carbonyl (C=O) groups excluding carboxylic acids is 1.